The van der Waals surface area contributed by atoms with Crippen molar-refractivity contribution in [2.45, 2.75) is 38.7 Å². The largest absolute Gasteiger partial charge is 0.497 e. The topological polar surface area (TPSA) is 35.5 Å². The molecule has 2 rings (SSSR count). The Kier molecular flexibility index (Phi) is 4.97. The van der Waals surface area contributed by atoms with Gasteiger partial charge < -0.3 is 9.47 Å². The molecule has 1 fully saturated rings. The summed E-state index contributed by atoms with van der Waals surface area (Å²) in [5.41, 5.74) is 0.656. The van der Waals surface area contributed by atoms with Crippen LogP contribution in [0.25, 0.3) is 0 Å². The Balaban J connectivity index is 1.86. The maximum atomic E-state index is 12.1. The summed E-state index contributed by atoms with van der Waals surface area (Å²) >= 11 is 0. The van der Waals surface area contributed by atoms with E-state index in [0.29, 0.717) is 17.2 Å². The molecule has 0 N–H and O–H groups in total. The molecular formula is C16H22O3. The first kappa shape index (κ1) is 14.1. The van der Waals surface area contributed by atoms with Crippen LogP contribution in [0.5, 0.6) is 5.75 Å². The Labute approximate surface area is 114 Å². The molecule has 1 aliphatic carbocycles. The highest BCUT2D eigenvalue weighted by atomic mass is 16.5. The Morgan fingerprint density at radius 2 is 2.21 bits per heavy atom. The van der Waals surface area contributed by atoms with Gasteiger partial charge in [0.2, 0.25) is 0 Å². The molecule has 2 unspecified atom stereocenters. The van der Waals surface area contributed by atoms with E-state index >= 15 is 0 Å². The van der Waals surface area contributed by atoms with Gasteiger partial charge in [-0.3, -0.25) is 4.79 Å². The molecule has 0 bridgehead atoms. The van der Waals surface area contributed by atoms with Crippen LogP contribution in [0.15, 0.2) is 24.3 Å². The van der Waals surface area contributed by atoms with Crippen molar-refractivity contribution < 1.29 is 14.3 Å². The molecule has 2 atom stereocenters. The van der Waals surface area contributed by atoms with Gasteiger partial charge in [0.1, 0.15) is 12.4 Å². The smallest absolute Gasteiger partial charge is 0.188 e. The van der Waals surface area contributed by atoms with Crippen LogP contribution >= 0.6 is 0 Å². The van der Waals surface area contributed by atoms with Crippen molar-refractivity contribution in [2.24, 2.45) is 5.92 Å². The molecular weight excluding hydrogens is 240 g/mol. The number of hydrogen-bond donors (Lipinski definition) is 0. The summed E-state index contributed by atoms with van der Waals surface area (Å²) in [6.45, 7) is 2.42. The summed E-state index contributed by atoms with van der Waals surface area (Å²) < 4.78 is 10.9. The molecule has 0 heterocycles. The molecule has 0 saturated heterocycles. The molecule has 3 nitrogen and oxygen atoms in total. The fourth-order valence-electron chi connectivity index (χ4n) is 2.60. The molecule has 1 aliphatic rings. The second-order valence-electron chi connectivity index (χ2n) is 5.36. The summed E-state index contributed by atoms with van der Waals surface area (Å²) in [5.74, 6) is 1.44. The highest BCUT2D eigenvalue weighted by molar-refractivity contribution is 5.97. The summed E-state index contributed by atoms with van der Waals surface area (Å²) in [6.07, 6.45) is 4.89. The van der Waals surface area contributed by atoms with E-state index in [0.717, 1.165) is 12.8 Å². The van der Waals surface area contributed by atoms with Gasteiger partial charge in [-0.2, -0.15) is 0 Å². The zero-order valence-electron chi connectivity index (χ0n) is 11.7. The first-order valence-corrected chi connectivity index (χ1v) is 6.98. The lowest BCUT2D eigenvalue weighted by Gasteiger charge is -2.26. The summed E-state index contributed by atoms with van der Waals surface area (Å²) in [5, 5.41) is 0. The van der Waals surface area contributed by atoms with E-state index < -0.39 is 0 Å². The van der Waals surface area contributed by atoms with Gasteiger partial charge in [0, 0.05) is 5.56 Å². The molecule has 1 saturated carbocycles. The minimum absolute atomic E-state index is 0.0251. The number of benzene rings is 1. The highest BCUT2D eigenvalue weighted by Crippen LogP contribution is 2.25. The lowest BCUT2D eigenvalue weighted by molar-refractivity contribution is 0.0182. The van der Waals surface area contributed by atoms with Crippen LogP contribution in [-0.2, 0) is 4.74 Å². The van der Waals surface area contributed by atoms with Gasteiger partial charge in [0.25, 0.3) is 0 Å². The second-order valence-corrected chi connectivity index (χ2v) is 5.36. The number of carbonyl (C=O) groups is 1. The monoisotopic (exact) mass is 262 g/mol. The van der Waals surface area contributed by atoms with E-state index in [1.54, 1.807) is 19.2 Å². The zero-order chi connectivity index (χ0) is 13.7. The van der Waals surface area contributed by atoms with E-state index in [1.165, 1.54) is 12.8 Å². The fourth-order valence-corrected chi connectivity index (χ4v) is 2.60. The molecule has 19 heavy (non-hydrogen) atoms. The minimum Gasteiger partial charge on any atom is -0.497 e. The van der Waals surface area contributed by atoms with Crippen LogP contribution in [0.2, 0.25) is 0 Å². The lowest BCUT2D eigenvalue weighted by Crippen LogP contribution is -2.24. The van der Waals surface area contributed by atoms with Crippen molar-refractivity contribution in [3.05, 3.63) is 29.8 Å². The molecule has 0 amide bonds. The second kappa shape index (κ2) is 6.71. The third kappa shape index (κ3) is 4.06. The summed E-state index contributed by atoms with van der Waals surface area (Å²) in [4.78, 5) is 12.1. The van der Waals surface area contributed by atoms with Gasteiger partial charge in [0.05, 0.1) is 13.2 Å². The van der Waals surface area contributed by atoms with Crippen molar-refractivity contribution in [3.63, 3.8) is 0 Å². The standard InChI is InChI=1S/C16H22O3/c1-12-5-3-8-15(9-12)19-11-16(17)13-6-4-7-14(10-13)18-2/h4,6-7,10,12,15H,3,5,8-9,11H2,1-2H3. The van der Waals surface area contributed by atoms with Crippen LogP contribution in [0.3, 0.4) is 0 Å². The third-order valence-corrected chi connectivity index (χ3v) is 3.73. The summed E-state index contributed by atoms with van der Waals surface area (Å²) in [6, 6.07) is 7.22. The van der Waals surface area contributed by atoms with Crippen LogP contribution in [0.4, 0.5) is 0 Å². The summed E-state index contributed by atoms with van der Waals surface area (Å²) in [7, 11) is 1.60. The number of methoxy groups -OCH3 is 1. The zero-order valence-corrected chi connectivity index (χ0v) is 11.7. The molecule has 104 valence electrons. The molecule has 0 radical (unpaired) electrons. The maximum Gasteiger partial charge on any atom is 0.188 e. The molecule has 0 aliphatic heterocycles. The van der Waals surface area contributed by atoms with E-state index in [4.69, 9.17) is 9.47 Å². The van der Waals surface area contributed by atoms with Crippen molar-refractivity contribution in [2.75, 3.05) is 13.7 Å². The average Bonchev–Trinajstić information content (AvgIpc) is 2.45. The Morgan fingerprint density at radius 3 is 2.95 bits per heavy atom. The maximum absolute atomic E-state index is 12.1. The van der Waals surface area contributed by atoms with Crippen LogP contribution in [0.1, 0.15) is 43.0 Å². The number of hydrogen-bond acceptors (Lipinski definition) is 3. The molecule has 0 spiro atoms. The number of rotatable bonds is 5. The predicted molar refractivity (Wildman–Crippen MR) is 74.7 cm³/mol. The van der Waals surface area contributed by atoms with Crippen LogP contribution in [-0.4, -0.2) is 25.6 Å². The Hall–Kier alpha value is -1.35. The Bertz CT molecular complexity index is 428. The van der Waals surface area contributed by atoms with Gasteiger partial charge in [-0.25, -0.2) is 0 Å². The van der Waals surface area contributed by atoms with E-state index in [-0.39, 0.29) is 18.5 Å². The van der Waals surface area contributed by atoms with Crippen molar-refractivity contribution in [3.8, 4) is 5.75 Å². The van der Waals surface area contributed by atoms with Gasteiger partial charge in [-0.15, -0.1) is 0 Å². The molecule has 3 heteroatoms. The first-order chi connectivity index (χ1) is 9.19. The first-order valence-electron chi connectivity index (χ1n) is 6.98. The lowest BCUT2D eigenvalue weighted by atomic mass is 9.89. The predicted octanol–water partition coefficient (Wildman–Crippen LogP) is 3.47. The fraction of sp³-hybridized carbons (Fsp3) is 0.562. The van der Waals surface area contributed by atoms with Crippen molar-refractivity contribution >= 4 is 5.78 Å². The number of ketones is 1. The van der Waals surface area contributed by atoms with E-state index in [1.807, 2.05) is 12.1 Å². The van der Waals surface area contributed by atoms with Crippen LogP contribution in [0, 0.1) is 5.92 Å². The Morgan fingerprint density at radius 1 is 1.37 bits per heavy atom. The van der Waals surface area contributed by atoms with E-state index in [9.17, 15) is 4.79 Å². The molecule has 1 aromatic carbocycles. The molecule has 1 aromatic rings. The number of Topliss-reactive ketones (excluding diaryl/α,β-unsaturated/α-hetero) is 1. The normalized spacial score (nSPS) is 23.1. The van der Waals surface area contributed by atoms with Gasteiger partial charge >= 0.3 is 0 Å². The number of ether oxygens (including phenoxy) is 2. The van der Waals surface area contributed by atoms with Gasteiger partial charge in [0.15, 0.2) is 5.78 Å². The SMILES string of the molecule is COc1cccc(C(=O)COC2CCCC(C)C2)c1. The minimum atomic E-state index is 0.0251. The van der Waals surface area contributed by atoms with Gasteiger partial charge in [-0.1, -0.05) is 31.9 Å². The number of carbonyl (C=O) groups excluding carboxylic acids is 1. The van der Waals surface area contributed by atoms with Crippen molar-refractivity contribution in [1.82, 2.24) is 0 Å². The molecule has 0 aromatic heterocycles. The van der Waals surface area contributed by atoms with E-state index in [2.05, 4.69) is 6.92 Å². The van der Waals surface area contributed by atoms with Crippen LogP contribution < -0.4 is 4.74 Å². The highest BCUT2D eigenvalue weighted by Gasteiger charge is 2.20. The average molecular weight is 262 g/mol. The van der Waals surface area contributed by atoms with Crippen molar-refractivity contribution in [1.29, 1.82) is 0 Å². The van der Waals surface area contributed by atoms with Gasteiger partial charge in [-0.05, 0) is 30.9 Å². The quantitative estimate of drug-likeness (QED) is 0.762. The third-order valence-electron chi connectivity index (χ3n) is 3.73.